The van der Waals surface area contributed by atoms with Crippen LogP contribution in [0.4, 0.5) is 13.2 Å². The van der Waals surface area contributed by atoms with Crippen molar-refractivity contribution in [2.75, 3.05) is 20.7 Å². The topological polar surface area (TPSA) is 51.4 Å². The largest absolute Gasteiger partial charge is 0.475 e. The van der Waals surface area contributed by atoms with Gasteiger partial charge < -0.3 is 15.4 Å². The fourth-order valence-electron chi connectivity index (χ4n) is 1.28. The number of alkyl halides is 3. The van der Waals surface area contributed by atoms with Gasteiger partial charge >= 0.3 is 6.18 Å². The number of hydrogen-bond acceptors (Lipinski definition) is 4. The number of aromatic nitrogens is 1. The minimum absolute atomic E-state index is 0.0581. The molecule has 0 saturated carbocycles. The van der Waals surface area contributed by atoms with E-state index in [2.05, 4.69) is 4.98 Å². The summed E-state index contributed by atoms with van der Waals surface area (Å²) in [7, 11) is 3.74. The van der Waals surface area contributed by atoms with Crippen molar-refractivity contribution in [3.8, 4) is 5.88 Å². The first-order valence-corrected chi connectivity index (χ1v) is 6.15. The summed E-state index contributed by atoms with van der Waals surface area (Å²) in [6.07, 6.45) is -4.50. The maximum atomic E-state index is 12.6. The summed E-state index contributed by atoms with van der Waals surface area (Å²) in [5, 5.41) is 0. The van der Waals surface area contributed by atoms with Gasteiger partial charge in [-0.25, -0.2) is 4.98 Å². The van der Waals surface area contributed by atoms with Gasteiger partial charge in [-0.05, 0) is 34.0 Å². The molecule has 0 unspecified atom stereocenters. The van der Waals surface area contributed by atoms with Crippen LogP contribution >= 0.6 is 0 Å². The Labute approximate surface area is 116 Å². The lowest BCUT2D eigenvalue weighted by atomic mass is 10.1. The van der Waals surface area contributed by atoms with Crippen LogP contribution in [0.15, 0.2) is 12.1 Å². The molecular weight excluding hydrogens is 271 g/mol. The first-order valence-electron chi connectivity index (χ1n) is 6.15. The monoisotopic (exact) mass is 291 g/mol. The van der Waals surface area contributed by atoms with Crippen LogP contribution in [0.25, 0.3) is 0 Å². The van der Waals surface area contributed by atoms with E-state index in [0.29, 0.717) is 5.56 Å². The molecule has 0 spiro atoms. The van der Waals surface area contributed by atoms with Crippen molar-refractivity contribution in [3.05, 3.63) is 23.4 Å². The second-order valence-corrected chi connectivity index (χ2v) is 5.36. The molecule has 0 amide bonds. The average Bonchev–Trinajstić information content (AvgIpc) is 2.34. The van der Waals surface area contributed by atoms with Crippen LogP contribution < -0.4 is 10.5 Å². The van der Waals surface area contributed by atoms with Gasteiger partial charge in [0.2, 0.25) is 5.88 Å². The fourth-order valence-corrected chi connectivity index (χ4v) is 1.28. The number of hydrogen-bond donors (Lipinski definition) is 1. The maximum Gasteiger partial charge on any atom is 0.433 e. The molecule has 0 fully saturated rings. The number of ether oxygens (including phenoxy) is 1. The minimum atomic E-state index is -4.50. The molecule has 0 aliphatic carbocycles. The number of likely N-dealkylation sites (N-methyl/N-ethyl adjacent to an activating group) is 1. The molecule has 1 aromatic rings. The molecule has 0 bridgehead atoms. The van der Waals surface area contributed by atoms with Gasteiger partial charge in [-0.3, -0.25) is 0 Å². The van der Waals surface area contributed by atoms with Crippen molar-refractivity contribution in [2.45, 2.75) is 32.1 Å². The Balaban J connectivity index is 2.98. The van der Waals surface area contributed by atoms with Crippen LogP contribution in [0.1, 0.15) is 25.1 Å². The van der Waals surface area contributed by atoms with E-state index in [0.717, 1.165) is 6.07 Å². The van der Waals surface area contributed by atoms with Crippen molar-refractivity contribution in [3.63, 3.8) is 0 Å². The maximum absolute atomic E-state index is 12.6. The lowest BCUT2D eigenvalue weighted by Gasteiger charge is -2.32. The van der Waals surface area contributed by atoms with Crippen molar-refractivity contribution in [1.29, 1.82) is 0 Å². The van der Waals surface area contributed by atoms with E-state index in [-0.39, 0.29) is 24.6 Å². The van der Waals surface area contributed by atoms with E-state index >= 15 is 0 Å². The first kappa shape index (κ1) is 16.7. The Bertz CT molecular complexity index is 459. The van der Waals surface area contributed by atoms with Gasteiger partial charge in [0.25, 0.3) is 0 Å². The van der Waals surface area contributed by atoms with Crippen molar-refractivity contribution in [2.24, 2.45) is 5.73 Å². The van der Waals surface area contributed by atoms with Gasteiger partial charge in [0.05, 0.1) is 0 Å². The second-order valence-electron chi connectivity index (χ2n) is 5.36. The van der Waals surface area contributed by atoms with Crippen LogP contribution in [0, 0.1) is 0 Å². The predicted molar refractivity (Wildman–Crippen MR) is 70.4 cm³/mol. The van der Waals surface area contributed by atoms with Gasteiger partial charge in [0.15, 0.2) is 0 Å². The summed E-state index contributed by atoms with van der Waals surface area (Å²) < 4.78 is 43.4. The molecule has 1 aromatic heterocycles. The Hall–Kier alpha value is -1.34. The van der Waals surface area contributed by atoms with Crippen LogP contribution in [0.2, 0.25) is 0 Å². The summed E-state index contributed by atoms with van der Waals surface area (Å²) in [4.78, 5) is 5.45. The zero-order chi connectivity index (χ0) is 15.6. The highest BCUT2D eigenvalue weighted by atomic mass is 19.4. The molecule has 0 radical (unpaired) electrons. The molecule has 1 rings (SSSR count). The Morgan fingerprint density at radius 2 is 1.85 bits per heavy atom. The van der Waals surface area contributed by atoms with E-state index in [1.807, 2.05) is 32.8 Å². The summed E-state index contributed by atoms with van der Waals surface area (Å²) in [6, 6.07) is 2.21. The molecule has 4 nitrogen and oxygen atoms in total. The number of halogens is 3. The van der Waals surface area contributed by atoms with Crippen LogP contribution in [0.3, 0.4) is 0 Å². The van der Waals surface area contributed by atoms with E-state index in [1.54, 1.807) is 0 Å². The van der Waals surface area contributed by atoms with Gasteiger partial charge in [-0.1, -0.05) is 6.07 Å². The van der Waals surface area contributed by atoms with E-state index in [4.69, 9.17) is 10.5 Å². The Morgan fingerprint density at radius 1 is 1.25 bits per heavy atom. The summed E-state index contributed by atoms with van der Waals surface area (Å²) in [5.74, 6) is -0.0581. The standard InChI is InChI=1S/C13H20F3N3O/c1-12(2,19(3)4)8-20-11-9(7-17)5-6-10(18-11)13(14,15)16/h5-6H,7-8,17H2,1-4H3. The third kappa shape index (κ3) is 4.08. The molecule has 114 valence electrons. The highest BCUT2D eigenvalue weighted by Crippen LogP contribution is 2.30. The lowest BCUT2D eigenvalue weighted by molar-refractivity contribution is -0.141. The molecule has 0 saturated heterocycles. The number of rotatable bonds is 5. The summed E-state index contributed by atoms with van der Waals surface area (Å²) >= 11 is 0. The molecule has 2 N–H and O–H groups in total. The second kappa shape index (κ2) is 5.97. The predicted octanol–water partition coefficient (Wildman–Crippen LogP) is 2.28. The van der Waals surface area contributed by atoms with Gasteiger partial charge in [0, 0.05) is 17.6 Å². The van der Waals surface area contributed by atoms with Gasteiger partial charge in [0.1, 0.15) is 12.3 Å². The third-order valence-electron chi connectivity index (χ3n) is 3.22. The summed E-state index contributed by atoms with van der Waals surface area (Å²) in [6.45, 7) is 4.12. The molecule has 0 atom stereocenters. The highest BCUT2D eigenvalue weighted by Gasteiger charge is 2.33. The summed E-state index contributed by atoms with van der Waals surface area (Å²) in [5.41, 5.74) is 4.64. The van der Waals surface area contributed by atoms with Crippen LogP contribution in [-0.4, -0.2) is 36.1 Å². The van der Waals surface area contributed by atoms with Crippen molar-refractivity contribution in [1.82, 2.24) is 9.88 Å². The first-order chi connectivity index (χ1) is 9.08. The van der Waals surface area contributed by atoms with Crippen LogP contribution in [-0.2, 0) is 12.7 Å². The quantitative estimate of drug-likeness (QED) is 0.904. The highest BCUT2D eigenvalue weighted by molar-refractivity contribution is 5.29. The molecule has 20 heavy (non-hydrogen) atoms. The van der Waals surface area contributed by atoms with E-state index in [1.165, 1.54) is 6.07 Å². The molecule has 0 aliphatic rings. The average molecular weight is 291 g/mol. The third-order valence-corrected chi connectivity index (χ3v) is 3.22. The molecule has 0 aromatic carbocycles. The zero-order valence-corrected chi connectivity index (χ0v) is 12.1. The van der Waals surface area contributed by atoms with Gasteiger partial charge in [-0.2, -0.15) is 13.2 Å². The fraction of sp³-hybridized carbons (Fsp3) is 0.615. The van der Waals surface area contributed by atoms with Crippen LogP contribution in [0.5, 0.6) is 5.88 Å². The smallest absolute Gasteiger partial charge is 0.433 e. The van der Waals surface area contributed by atoms with E-state index < -0.39 is 11.9 Å². The normalized spacial score (nSPS) is 12.8. The number of nitrogens with zero attached hydrogens (tertiary/aromatic N) is 2. The van der Waals surface area contributed by atoms with E-state index in [9.17, 15) is 13.2 Å². The lowest BCUT2D eigenvalue weighted by Crippen LogP contribution is -2.43. The Kier molecular flexibility index (Phi) is 4.99. The molecule has 0 aliphatic heterocycles. The van der Waals surface area contributed by atoms with Gasteiger partial charge in [-0.15, -0.1) is 0 Å². The number of pyridine rings is 1. The zero-order valence-electron chi connectivity index (χ0n) is 12.1. The SMILES string of the molecule is CN(C)C(C)(C)COc1nc(C(F)(F)F)ccc1CN. The number of nitrogens with two attached hydrogens (primary N) is 1. The van der Waals surface area contributed by atoms with Crippen molar-refractivity contribution < 1.29 is 17.9 Å². The molecule has 7 heteroatoms. The Morgan fingerprint density at radius 3 is 2.30 bits per heavy atom. The molecular formula is C13H20F3N3O. The minimum Gasteiger partial charge on any atom is -0.475 e. The van der Waals surface area contributed by atoms with Crippen molar-refractivity contribution >= 4 is 0 Å². The molecule has 1 heterocycles.